The second-order valence-corrected chi connectivity index (χ2v) is 3.80. The lowest BCUT2D eigenvalue weighted by Gasteiger charge is -2.07. The van der Waals surface area contributed by atoms with E-state index in [2.05, 4.69) is 10.6 Å². The maximum Gasteiger partial charge on any atom is 0.308 e. The second-order valence-electron chi connectivity index (χ2n) is 3.80. The lowest BCUT2D eigenvalue weighted by Crippen LogP contribution is -2.32. The number of esters is 1. The molecular weight excluding hydrogens is 248 g/mol. The molecule has 0 heterocycles. The van der Waals surface area contributed by atoms with Crippen molar-refractivity contribution in [3.05, 3.63) is 24.3 Å². The van der Waals surface area contributed by atoms with Gasteiger partial charge in [0.15, 0.2) is 0 Å². The summed E-state index contributed by atoms with van der Waals surface area (Å²) in [5, 5.41) is 5.05. The number of nitrogens with one attached hydrogen (secondary N) is 2. The largest absolute Gasteiger partial charge is 0.427 e. The van der Waals surface area contributed by atoms with E-state index in [-0.39, 0.29) is 18.4 Å². The summed E-state index contributed by atoms with van der Waals surface area (Å²) >= 11 is 0. The van der Waals surface area contributed by atoms with Gasteiger partial charge in [-0.3, -0.25) is 14.4 Å². The Morgan fingerprint density at radius 2 is 1.95 bits per heavy atom. The molecule has 1 aromatic rings. The Morgan fingerprint density at radius 1 is 1.21 bits per heavy atom. The zero-order valence-electron chi connectivity index (χ0n) is 10.9. The van der Waals surface area contributed by atoms with E-state index in [1.165, 1.54) is 13.0 Å². The molecule has 0 radical (unpaired) electrons. The minimum Gasteiger partial charge on any atom is -0.427 e. The molecule has 0 bridgehead atoms. The Bertz CT molecular complexity index is 485. The summed E-state index contributed by atoms with van der Waals surface area (Å²) < 4.78 is 4.89. The van der Waals surface area contributed by atoms with Crippen LogP contribution in [0.3, 0.4) is 0 Å². The summed E-state index contributed by atoms with van der Waals surface area (Å²) in [6.45, 7) is 2.91. The van der Waals surface area contributed by atoms with E-state index in [1.807, 2.05) is 0 Å². The Kier molecular flexibility index (Phi) is 5.53. The summed E-state index contributed by atoms with van der Waals surface area (Å²) in [5.74, 6) is -0.618. The molecule has 6 heteroatoms. The molecular formula is C13H16N2O4. The molecule has 1 aromatic carbocycles. The average Bonchev–Trinajstić information content (AvgIpc) is 2.35. The van der Waals surface area contributed by atoms with Crippen molar-refractivity contribution in [1.29, 1.82) is 0 Å². The van der Waals surface area contributed by atoms with Gasteiger partial charge in [-0.25, -0.2) is 0 Å². The topological polar surface area (TPSA) is 84.5 Å². The van der Waals surface area contributed by atoms with Crippen molar-refractivity contribution >= 4 is 23.5 Å². The van der Waals surface area contributed by atoms with E-state index in [4.69, 9.17) is 4.74 Å². The number of carbonyl (C=O) groups is 3. The number of ether oxygens (including phenoxy) is 1. The van der Waals surface area contributed by atoms with Gasteiger partial charge in [0.05, 0.1) is 6.54 Å². The Hall–Kier alpha value is -2.37. The van der Waals surface area contributed by atoms with Gasteiger partial charge in [-0.15, -0.1) is 0 Å². The van der Waals surface area contributed by atoms with Crippen molar-refractivity contribution in [2.24, 2.45) is 0 Å². The van der Waals surface area contributed by atoms with Crippen LogP contribution in [0.15, 0.2) is 24.3 Å². The maximum absolute atomic E-state index is 11.5. The fourth-order valence-corrected chi connectivity index (χ4v) is 1.31. The zero-order chi connectivity index (χ0) is 14.3. The molecule has 0 aliphatic carbocycles. The van der Waals surface area contributed by atoms with Gasteiger partial charge >= 0.3 is 5.97 Å². The molecule has 0 atom stereocenters. The number of benzene rings is 1. The van der Waals surface area contributed by atoms with Crippen LogP contribution in [0, 0.1) is 0 Å². The predicted molar refractivity (Wildman–Crippen MR) is 69.7 cm³/mol. The summed E-state index contributed by atoms with van der Waals surface area (Å²) in [4.78, 5) is 33.3. The van der Waals surface area contributed by atoms with Crippen LogP contribution in [-0.4, -0.2) is 24.3 Å². The first kappa shape index (κ1) is 14.7. The summed E-state index contributed by atoms with van der Waals surface area (Å²) in [5.41, 5.74) is 0.495. The number of anilines is 1. The minimum atomic E-state index is -0.432. The van der Waals surface area contributed by atoms with Gasteiger partial charge in [0.1, 0.15) is 5.75 Å². The van der Waals surface area contributed by atoms with Crippen molar-refractivity contribution in [3.63, 3.8) is 0 Å². The van der Waals surface area contributed by atoms with Gasteiger partial charge in [0.25, 0.3) is 0 Å². The lowest BCUT2D eigenvalue weighted by atomic mass is 10.3. The third-order valence-electron chi connectivity index (χ3n) is 2.15. The first-order valence-electron chi connectivity index (χ1n) is 5.86. The molecule has 1 rings (SSSR count). The van der Waals surface area contributed by atoms with Crippen LogP contribution in [0.1, 0.15) is 20.3 Å². The number of carbonyl (C=O) groups excluding carboxylic acids is 3. The van der Waals surface area contributed by atoms with Gasteiger partial charge in [0, 0.05) is 25.1 Å². The fraction of sp³-hybridized carbons (Fsp3) is 0.308. The summed E-state index contributed by atoms with van der Waals surface area (Å²) in [6, 6.07) is 6.45. The van der Waals surface area contributed by atoms with E-state index >= 15 is 0 Å². The highest BCUT2D eigenvalue weighted by Crippen LogP contribution is 2.17. The molecule has 0 aliphatic heterocycles. The third-order valence-corrected chi connectivity index (χ3v) is 2.15. The maximum atomic E-state index is 11.5. The molecule has 0 saturated heterocycles. The van der Waals surface area contributed by atoms with Crippen LogP contribution in [0.4, 0.5) is 5.69 Å². The highest BCUT2D eigenvalue weighted by Gasteiger charge is 2.05. The fourth-order valence-electron chi connectivity index (χ4n) is 1.31. The number of rotatable bonds is 5. The molecule has 0 aromatic heterocycles. The number of hydrogen-bond donors (Lipinski definition) is 2. The van der Waals surface area contributed by atoms with Crippen LogP contribution >= 0.6 is 0 Å². The summed E-state index contributed by atoms with van der Waals surface area (Å²) in [7, 11) is 0. The van der Waals surface area contributed by atoms with Crippen LogP contribution in [0.2, 0.25) is 0 Å². The summed E-state index contributed by atoms with van der Waals surface area (Å²) in [6.07, 6.45) is 0.329. The second kappa shape index (κ2) is 7.15. The molecule has 2 amide bonds. The van der Waals surface area contributed by atoms with Gasteiger partial charge in [0.2, 0.25) is 11.8 Å². The molecule has 0 spiro atoms. The highest BCUT2D eigenvalue weighted by molar-refractivity contribution is 5.94. The van der Waals surface area contributed by atoms with Crippen LogP contribution in [-0.2, 0) is 14.4 Å². The molecule has 0 unspecified atom stereocenters. The quantitative estimate of drug-likeness (QED) is 0.615. The van der Waals surface area contributed by atoms with Crippen molar-refractivity contribution < 1.29 is 19.1 Å². The van der Waals surface area contributed by atoms with Crippen molar-refractivity contribution in [1.82, 2.24) is 5.32 Å². The van der Waals surface area contributed by atoms with Gasteiger partial charge in [-0.1, -0.05) is 13.0 Å². The van der Waals surface area contributed by atoms with Gasteiger partial charge in [-0.05, 0) is 12.1 Å². The molecule has 2 N–H and O–H groups in total. The smallest absolute Gasteiger partial charge is 0.308 e. The van der Waals surface area contributed by atoms with E-state index in [1.54, 1.807) is 25.1 Å². The van der Waals surface area contributed by atoms with E-state index in [9.17, 15) is 14.4 Å². The van der Waals surface area contributed by atoms with Crippen LogP contribution in [0.25, 0.3) is 0 Å². The van der Waals surface area contributed by atoms with E-state index in [0.29, 0.717) is 17.9 Å². The first-order valence-corrected chi connectivity index (χ1v) is 5.86. The standard InChI is InChI=1S/C13H16N2O4/c1-3-12(17)14-8-13(18)15-10-5-4-6-11(7-10)19-9(2)16/h4-7H,3,8H2,1-2H3,(H,14,17)(H,15,18). The Labute approximate surface area is 111 Å². The zero-order valence-corrected chi connectivity index (χ0v) is 10.9. The molecule has 6 nitrogen and oxygen atoms in total. The highest BCUT2D eigenvalue weighted by atomic mass is 16.5. The van der Waals surface area contributed by atoms with Crippen molar-refractivity contribution in [2.75, 3.05) is 11.9 Å². The third kappa shape index (κ3) is 5.67. The molecule has 0 aliphatic rings. The Morgan fingerprint density at radius 3 is 2.58 bits per heavy atom. The van der Waals surface area contributed by atoms with Crippen molar-refractivity contribution in [3.8, 4) is 5.75 Å². The van der Waals surface area contributed by atoms with Crippen LogP contribution in [0.5, 0.6) is 5.75 Å². The Balaban J connectivity index is 2.54. The molecule has 0 saturated carbocycles. The average molecular weight is 264 g/mol. The van der Waals surface area contributed by atoms with Gasteiger partial charge in [-0.2, -0.15) is 0 Å². The number of hydrogen-bond acceptors (Lipinski definition) is 4. The normalized spacial score (nSPS) is 9.58. The molecule has 19 heavy (non-hydrogen) atoms. The van der Waals surface area contributed by atoms with Crippen LogP contribution < -0.4 is 15.4 Å². The molecule has 0 fully saturated rings. The predicted octanol–water partition coefficient (Wildman–Crippen LogP) is 1.08. The number of amides is 2. The monoisotopic (exact) mass is 264 g/mol. The van der Waals surface area contributed by atoms with E-state index < -0.39 is 5.97 Å². The molecule has 102 valence electrons. The van der Waals surface area contributed by atoms with Gasteiger partial charge < -0.3 is 15.4 Å². The SMILES string of the molecule is CCC(=O)NCC(=O)Nc1cccc(OC(C)=O)c1. The lowest BCUT2D eigenvalue weighted by molar-refractivity contribution is -0.131. The van der Waals surface area contributed by atoms with Crippen molar-refractivity contribution in [2.45, 2.75) is 20.3 Å². The first-order chi connectivity index (χ1) is 9.01. The van der Waals surface area contributed by atoms with E-state index in [0.717, 1.165) is 0 Å². The minimum absolute atomic E-state index is 0.0928.